The molecule has 0 radical (unpaired) electrons. The molecule has 180 valence electrons. The van der Waals surface area contributed by atoms with E-state index < -0.39 is 0 Å². The maximum Gasteiger partial charge on any atom is 0.222 e. The largest absolute Gasteiger partial charge is 0.480 e. The molecule has 0 aromatic carbocycles. The highest BCUT2D eigenvalue weighted by atomic mass is 16.5. The minimum atomic E-state index is 0.209. The minimum Gasteiger partial charge on any atom is -0.480 e. The molecule has 1 N–H and O–H groups in total. The number of aryl methyl sites for hydroxylation is 1. The molecule has 5 nitrogen and oxygen atoms in total. The molecule has 1 atom stereocenters. The van der Waals surface area contributed by atoms with Gasteiger partial charge in [-0.15, -0.1) is 0 Å². The zero-order chi connectivity index (χ0) is 24.3. The lowest BCUT2D eigenvalue weighted by Crippen LogP contribution is -2.21. The Hall–Kier alpha value is -2.14. The van der Waals surface area contributed by atoms with Gasteiger partial charge in [0, 0.05) is 25.9 Å². The molecule has 0 spiro atoms. The standard InChI is InChI=1S/C25H39N3O2.C2H6/c1-8-11-18(16-29)14-20-15-19(9-2)23(27-24(20)28(6)10-3)21-12-13-22(17(4)5)26-25(21)30-7;1-2/h12-13,15,17-18,29H,8-11,14,16H2,1-7H3;1-2H3. The minimum absolute atomic E-state index is 0.209. The van der Waals surface area contributed by atoms with Crippen molar-refractivity contribution in [3.63, 3.8) is 0 Å². The molecule has 2 aromatic rings. The van der Waals surface area contributed by atoms with Crippen LogP contribution in [0.2, 0.25) is 0 Å². The van der Waals surface area contributed by atoms with Crippen molar-refractivity contribution in [2.45, 2.75) is 80.1 Å². The number of methoxy groups -OCH3 is 1. The van der Waals surface area contributed by atoms with Crippen LogP contribution in [-0.4, -0.2) is 42.4 Å². The maximum absolute atomic E-state index is 9.84. The Morgan fingerprint density at radius 1 is 1.06 bits per heavy atom. The highest BCUT2D eigenvalue weighted by Crippen LogP contribution is 2.35. The topological polar surface area (TPSA) is 58.5 Å². The van der Waals surface area contributed by atoms with Crippen molar-refractivity contribution in [1.29, 1.82) is 0 Å². The van der Waals surface area contributed by atoms with Crippen molar-refractivity contribution in [2.24, 2.45) is 5.92 Å². The van der Waals surface area contributed by atoms with Crippen molar-refractivity contribution in [2.75, 3.05) is 32.2 Å². The van der Waals surface area contributed by atoms with Crippen molar-refractivity contribution in [3.05, 3.63) is 35.0 Å². The molecule has 2 aromatic heterocycles. The van der Waals surface area contributed by atoms with Gasteiger partial charge in [0.1, 0.15) is 5.82 Å². The van der Waals surface area contributed by atoms with Gasteiger partial charge < -0.3 is 14.7 Å². The zero-order valence-electron chi connectivity index (χ0n) is 21.8. The molecule has 0 amide bonds. The van der Waals surface area contributed by atoms with Crippen molar-refractivity contribution < 1.29 is 9.84 Å². The predicted octanol–water partition coefficient (Wildman–Crippen LogP) is 6.27. The molecule has 0 aliphatic heterocycles. The third-order valence-corrected chi connectivity index (χ3v) is 5.76. The number of hydrogen-bond acceptors (Lipinski definition) is 5. The first-order valence-corrected chi connectivity index (χ1v) is 12.3. The molecule has 0 bridgehead atoms. The molecular weight excluding hydrogens is 398 g/mol. The van der Waals surface area contributed by atoms with Crippen LogP contribution >= 0.6 is 0 Å². The molecule has 5 heteroatoms. The third kappa shape index (κ3) is 6.93. The second-order valence-electron chi connectivity index (χ2n) is 8.34. The van der Waals surface area contributed by atoms with Gasteiger partial charge in [-0.2, -0.15) is 0 Å². The first-order valence-electron chi connectivity index (χ1n) is 12.3. The summed E-state index contributed by atoms with van der Waals surface area (Å²) in [6, 6.07) is 6.44. The fraction of sp³-hybridized carbons (Fsp3) is 0.630. The van der Waals surface area contributed by atoms with Gasteiger partial charge >= 0.3 is 0 Å². The van der Waals surface area contributed by atoms with Gasteiger partial charge in [0.05, 0.1) is 18.4 Å². The Bertz CT molecular complexity index is 821. The molecule has 0 saturated carbocycles. The van der Waals surface area contributed by atoms with Gasteiger partial charge in [-0.05, 0) is 67.3 Å². The number of pyridine rings is 2. The summed E-state index contributed by atoms with van der Waals surface area (Å²) in [6.45, 7) is 15.8. The highest BCUT2D eigenvalue weighted by molar-refractivity contribution is 5.71. The van der Waals surface area contributed by atoms with Gasteiger partial charge in [-0.1, -0.05) is 48.0 Å². The van der Waals surface area contributed by atoms with E-state index in [1.54, 1.807) is 7.11 Å². The smallest absolute Gasteiger partial charge is 0.222 e. The average molecular weight is 444 g/mol. The molecule has 0 aliphatic carbocycles. The number of nitrogens with zero attached hydrogens (tertiary/aromatic N) is 3. The van der Waals surface area contributed by atoms with Crippen molar-refractivity contribution in [1.82, 2.24) is 9.97 Å². The van der Waals surface area contributed by atoms with E-state index in [0.29, 0.717) is 11.8 Å². The van der Waals surface area contributed by atoms with Gasteiger partial charge in [0.2, 0.25) is 5.88 Å². The average Bonchev–Trinajstić information content (AvgIpc) is 2.83. The number of anilines is 1. The SMILES string of the molecule is CC.CCCC(CO)Cc1cc(CC)c(-c2ccc(C(C)C)nc2OC)nc1N(C)CC. The second-order valence-corrected chi connectivity index (χ2v) is 8.34. The Morgan fingerprint density at radius 3 is 2.25 bits per heavy atom. The number of aliphatic hydroxyl groups excluding tert-OH is 1. The molecular formula is C27H45N3O2. The number of rotatable bonds is 11. The monoisotopic (exact) mass is 443 g/mol. The Kier molecular flexibility index (Phi) is 12.3. The fourth-order valence-electron chi connectivity index (χ4n) is 3.82. The lowest BCUT2D eigenvalue weighted by Gasteiger charge is -2.24. The van der Waals surface area contributed by atoms with Crippen LogP contribution in [0.3, 0.4) is 0 Å². The predicted molar refractivity (Wildman–Crippen MR) is 137 cm³/mol. The lowest BCUT2D eigenvalue weighted by molar-refractivity contribution is 0.217. The van der Waals surface area contributed by atoms with Crippen LogP contribution in [0.1, 0.15) is 84.0 Å². The molecule has 32 heavy (non-hydrogen) atoms. The third-order valence-electron chi connectivity index (χ3n) is 5.76. The Labute approximate surface area is 196 Å². The molecule has 0 saturated heterocycles. The fourth-order valence-corrected chi connectivity index (χ4v) is 3.82. The molecule has 1 unspecified atom stereocenters. The summed E-state index contributed by atoms with van der Waals surface area (Å²) >= 11 is 0. The van der Waals surface area contributed by atoms with E-state index in [-0.39, 0.29) is 12.5 Å². The van der Waals surface area contributed by atoms with Crippen LogP contribution in [0, 0.1) is 5.92 Å². The molecule has 2 heterocycles. The van der Waals surface area contributed by atoms with E-state index in [1.807, 2.05) is 13.8 Å². The van der Waals surface area contributed by atoms with Crippen LogP contribution in [0.15, 0.2) is 18.2 Å². The maximum atomic E-state index is 9.84. The zero-order valence-corrected chi connectivity index (χ0v) is 21.8. The van der Waals surface area contributed by atoms with Gasteiger partial charge in [-0.25, -0.2) is 9.97 Å². The van der Waals surface area contributed by atoms with E-state index >= 15 is 0 Å². The van der Waals surface area contributed by atoms with Crippen LogP contribution < -0.4 is 9.64 Å². The summed E-state index contributed by atoms with van der Waals surface area (Å²) in [4.78, 5) is 12.1. The second kappa shape index (κ2) is 14.1. The number of hydrogen-bond donors (Lipinski definition) is 1. The Morgan fingerprint density at radius 2 is 1.75 bits per heavy atom. The summed E-state index contributed by atoms with van der Waals surface area (Å²) in [5, 5.41) is 9.84. The molecule has 2 rings (SSSR count). The quantitative estimate of drug-likeness (QED) is 0.443. The molecule has 0 fully saturated rings. The van der Waals surface area contributed by atoms with Crippen molar-refractivity contribution >= 4 is 5.82 Å². The van der Waals surface area contributed by atoms with Gasteiger partial charge in [0.15, 0.2) is 0 Å². The van der Waals surface area contributed by atoms with Crippen LogP contribution in [-0.2, 0) is 12.8 Å². The summed E-state index contributed by atoms with van der Waals surface area (Å²) < 4.78 is 5.66. The normalized spacial score (nSPS) is 11.7. The van der Waals surface area contributed by atoms with E-state index in [0.717, 1.165) is 55.0 Å². The summed E-state index contributed by atoms with van der Waals surface area (Å²) in [5.74, 6) is 2.21. The van der Waals surface area contributed by atoms with E-state index in [2.05, 4.69) is 64.8 Å². The van der Waals surface area contributed by atoms with Crippen molar-refractivity contribution in [3.8, 4) is 17.1 Å². The molecule has 0 aliphatic rings. The van der Waals surface area contributed by atoms with Gasteiger partial charge in [-0.3, -0.25) is 0 Å². The van der Waals surface area contributed by atoms with Crippen LogP contribution in [0.25, 0.3) is 11.3 Å². The van der Waals surface area contributed by atoms with Crippen LogP contribution in [0.5, 0.6) is 5.88 Å². The van der Waals surface area contributed by atoms with E-state index in [4.69, 9.17) is 14.7 Å². The lowest BCUT2D eigenvalue weighted by atomic mass is 9.93. The summed E-state index contributed by atoms with van der Waals surface area (Å²) in [6.07, 6.45) is 3.80. The first-order chi connectivity index (χ1) is 15.4. The summed E-state index contributed by atoms with van der Waals surface area (Å²) in [5.41, 5.74) is 5.28. The van der Waals surface area contributed by atoms with Gasteiger partial charge in [0.25, 0.3) is 0 Å². The highest BCUT2D eigenvalue weighted by Gasteiger charge is 2.21. The number of ether oxygens (including phenoxy) is 1. The number of aliphatic hydroxyl groups is 1. The van der Waals surface area contributed by atoms with Crippen LogP contribution in [0.4, 0.5) is 5.82 Å². The Balaban J connectivity index is 0.00000249. The van der Waals surface area contributed by atoms with E-state index in [9.17, 15) is 5.11 Å². The number of aromatic nitrogens is 2. The first kappa shape index (κ1) is 27.9. The summed E-state index contributed by atoms with van der Waals surface area (Å²) in [7, 11) is 3.75. The van der Waals surface area contributed by atoms with E-state index in [1.165, 1.54) is 11.1 Å².